The third-order valence-electron chi connectivity index (χ3n) is 5.05. The number of nitrogens with zero attached hydrogens (tertiary/aromatic N) is 2. The zero-order valence-corrected chi connectivity index (χ0v) is 17.1. The number of oxazole rings is 1. The third-order valence-corrected chi connectivity index (χ3v) is 5.31. The van der Waals surface area contributed by atoms with Gasteiger partial charge in [0.15, 0.2) is 11.7 Å². The zero-order valence-electron chi connectivity index (χ0n) is 16.3. The lowest BCUT2D eigenvalue weighted by atomic mass is 10.2. The van der Waals surface area contributed by atoms with Crippen molar-refractivity contribution < 1.29 is 13.9 Å². The van der Waals surface area contributed by atoms with Crippen molar-refractivity contribution in [2.45, 2.75) is 38.3 Å². The van der Waals surface area contributed by atoms with Gasteiger partial charge in [0, 0.05) is 36.0 Å². The standard InChI is InChI=1S/C23H23ClN2O3/c1-28-20-10-2-16(3-11-20)15-26(19-8-9-19)23(27)13-12-22-25-14-21(29-22)17-4-6-18(24)7-5-17/h2-7,10-11,14,19H,8-9,12-13,15H2,1H3. The van der Waals surface area contributed by atoms with Crippen LogP contribution in [0.2, 0.25) is 5.02 Å². The average molecular weight is 411 g/mol. The average Bonchev–Trinajstić information content (AvgIpc) is 3.48. The van der Waals surface area contributed by atoms with Crippen LogP contribution in [-0.2, 0) is 17.8 Å². The minimum atomic E-state index is 0.134. The van der Waals surface area contributed by atoms with Crippen LogP contribution in [0.15, 0.2) is 59.1 Å². The van der Waals surface area contributed by atoms with E-state index < -0.39 is 0 Å². The molecule has 0 spiro atoms. The van der Waals surface area contributed by atoms with E-state index in [-0.39, 0.29) is 5.91 Å². The van der Waals surface area contributed by atoms with Crippen molar-refractivity contribution in [1.82, 2.24) is 9.88 Å². The monoisotopic (exact) mass is 410 g/mol. The summed E-state index contributed by atoms with van der Waals surface area (Å²) in [5.74, 6) is 2.21. The van der Waals surface area contributed by atoms with Gasteiger partial charge in [-0.05, 0) is 54.8 Å². The SMILES string of the molecule is COc1ccc(CN(C(=O)CCc2ncc(-c3ccc(Cl)cc3)o2)C2CC2)cc1. The van der Waals surface area contributed by atoms with E-state index in [9.17, 15) is 4.79 Å². The maximum atomic E-state index is 12.9. The first-order valence-corrected chi connectivity index (χ1v) is 10.1. The summed E-state index contributed by atoms with van der Waals surface area (Å²) in [6, 6.07) is 15.6. The molecule has 1 saturated carbocycles. The van der Waals surface area contributed by atoms with E-state index in [0.29, 0.717) is 42.1 Å². The number of hydrogen-bond donors (Lipinski definition) is 0. The Balaban J connectivity index is 1.36. The summed E-state index contributed by atoms with van der Waals surface area (Å²) < 4.78 is 11.0. The van der Waals surface area contributed by atoms with E-state index in [0.717, 1.165) is 29.7 Å². The van der Waals surface area contributed by atoms with E-state index in [1.165, 1.54) is 0 Å². The summed E-state index contributed by atoms with van der Waals surface area (Å²) in [7, 11) is 1.65. The first-order valence-electron chi connectivity index (χ1n) is 9.75. The molecule has 150 valence electrons. The molecule has 0 saturated heterocycles. The number of hydrogen-bond acceptors (Lipinski definition) is 4. The predicted molar refractivity (Wildman–Crippen MR) is 112 cm³/mol. The van der Waals surface area contributed by atoms with Gasteiger partial charge in [-0.15, -0.1) is 0 Å². The van der Waals surface area contributed by atoms with Gasteiger partial charge in [0.1, 0.15) is 5.75 Å². The van der Waals surface area contributed by atoms with Crippen LogP contribution in [0, 0.1) is 0 Å². The topological polar surface area (TPSA) is 55.6 Å². The molecule has 1 heterocycles. The van der Waals surface area contributed by atoms with Gasteiger partial charge in [0.05, 0.1) is 13.3 Å². The fourth-order valence-electron chi connectivity index (χ4n) is 3.27. The summed E-state index contributed by atoms with van der Waals surface area (Å²) in [4.78, 5) is 19.2. The highest BCUT2D eigenvalue weighted by Gasteiger charge is 2.32. The van der Waals surface area contributed by atoms with Crippen LogP contribution >= 0.6 is 11.6 Å². The highest BCUT2D eigenvalue weighted by atomic mass is 35.5. The molecular weight excluding hydrogens is 388 g/mol. The Bertz CT molecular complexity index is 963. The number of rotatable bonds is 8. The van der Waals surface area contributed by atoms with E-state index in [1.54, 1.807) is 13.3 Å². The number of aryl methyl sites for hydroxylation is 1. The van der Waals surface area contributed by atoms with Crippen molar-refractivity contribution >= 4 is 17.5 Å². The lowest BCUT2D eigenvalue weighted by molar-refractivity contribution is -0.132. The number of halogens is 1. The summed E-state index contributed by atoms with van der Waals surface area (Å²) in [5.41, 5.74) is 2.02. The van der Waals surface area contributed by atoms with Crippen molar-refractivity contribution in [2.24, 2.45) is 0 Å². The summed E-state index contributed by atoms with van der Waals surface area (Å²) in [5, 5.41) is 0.677. The molecule has 3 aromatic rings. The van der Waals surface area contributed by atoms with Crippen molar-refractivity contribution in [1.29, 1.82) is 0 Å². The van der Waals surface area contributed by atoms with Gasteiger partial charge in [0.25, 0.3) is 0 Å². The van der Waals surface area contributed by atoms with E-state index in [1.807, 2.05) is 53.4 Å². The van der Waals surface area contributed by atoms with E-state index >= 15 is 0 Å². The number of carbonyl (C=O) groups is 1. The molecule has 1 amide bonds. The second-order valence-electron chi connectivity index (χ2n) is 7.23. The Morgan fingerprint density at radius 2 is 1.90 bits per heavy atom. The summed E-state index contributed by atoms with van der Waals surface area (Å²) in [6.07, 6.45) is 4.70. The van der Waals surface area contributed by atoms with Crippen molar-refractivity contribution in [3.63, 3.8) is 0 Å². The molecule has 4 rings (SSSR count). The Labute approximate surface area is 175 Å². The van der Waals surface area contributed by atoms with Crippen LogP contribution in [0.3, 0.4) is 0 Å². The first kappa shape index (κ1) is 19.5. The molecule has 0 radical (unpaired) electrons. The number of methoxy groups -OCH3 is 1. The largest absolute Gasteiger partial charge is 0.497 e. The Kier molecular flexibility index (Phi) is 5.86. The van der Waals surface area contributed by atoms with Gasteiger partial charge in [-0.1, -0.05) is 23.7 Å². The van der Waals surface area contributed by atoms with Crippen LogP contribution in [0.4, 0.5) is 0 Å². The van der Waals surface area contributed by atoms with Crippen molar-refractivity contribution in [2.75, 3.05) is 7.11 Å². The highest BCUT2D eigenvalue weighted by Crippen LogP contribution is 2.30. The zero-order chi connectivity index (χ0) is 20.2. The maximum absolute atomic E-state index is 12.9. The molecule has 1 aliphatic rings. The molecule has 6 heteroatoms. The van der Waals surface area contributed by atoms with Gasteiger partial charge < -0.3 is 14.1 Å². The van der Waals surface area contributed by atoms with Gasteiger partial charge in [-0.3, -0.25) is 4.79 Å². The molecule has 0 bridgehead atoms. The lowest BCUT2D eigenvalue weighted by Crippen LogP contribution is -2.32. The molecule has 1 aromatic heterocycles. The molecule has 0 unspecified atom stereocenters. The van der Waals surface area contributed by atoms with Crippen LogP contribution in [-0.4, -0.2) is 28.9 Å². The lowest BCUT2D eigenvalue weighted by Gasteiger charge is -2.22. The third kappa shape index (κ3) is 4.98. The molecule has 1 aliphatic carbocycles. The normalized spacial score (nSPS) is 13.3. The smallest absolute Gasteiger partial charge is 0.223 e. The predicted octanol–water partition coefficient (Wildman–Crippen LogP) is 5.13. The minimum Gasteiger partial charge on any atom is -0.497 e. The fourth-order valence-corrected chi connectivity index (χ4v) is 3.39. The molecule has 0 aliphatic heterocycles. The maximum Gasteiger partial charge on any atom is 0.223 e. The number of carbonyl (C=O) groups excluding carboxylic acids is 1. The second-order valence-corrected chi connectivity index (χ2v) is 7.66. The number of benzene rings is 2. The van der Waals surface area contributed by atoms with Crippen LogP contribution in [0.1, 0.15) is 30.7 Å². The molecule has 1 fully saturated rings. The first-order chi connectivity index (χ1) is 14.1. The summed E-state index contributed by atoms with van der Waals surface area (Å²) >= 11 is 5.93. The molecule has 0 N–H and O–H groups in total. The molecule has 29 heavy (non-hydrogen) atoms. The van der Waals surface area contributed by atoms with Gasteiger partial charge >= 0.3 is 0 Å². The Morgan fingerprint density at radius 1 is 1.17 bits per heavy atom. The number of aromatic nitrogens is 1. The quantitative estimate of drug-likeness (QED) is 0.516. The van der Waals surface area contributed by atoms with E-state index in [2.05, 4.69) is 4.98 Å². The molecule has 5 nitrogen and oxygen atoms in total. The van der Waals surface area contributed by atoms with Gasteiger partial charge in [-0.2, -0.15) is 0 Å². The Morgan fingerprint density at radius 3 is 2.55 bits per heavy atom. The van der Waals surface area contributed by atoms with Gasteiger partial charge in [-0.25, -0.2) is 4.98 Å². The number of ether oxygens (including phenoxy) is 1. The molecular formula is C23H23ClN2O3. The van der Waals surface area contributed by atoms with Crippen LogP contribution in [0.5, 0.6) is 5.75 Å². The Hall–Kier alpha value is -2.79. The van der Waals surface area contributed by atoms with Crippen LogP contribution in [0.25, 0.3) is 11.3 Å². The highest BCUT2D eigenvalue weighted by molar-refractivity contribution is 6.30. The fraction of sp³-hybridized carbons (Fsp3) is 0.304. The minimum absolute atomic E-state index is 0.134. The second kappa shape index (κ2) is 8.70. The molecule has 0 atom stereocenters. The van der Waals surface area contributed by atoms with Crippen LogP contribution < -0.4 is 4.74 Å². The number of amides is 1. The molecule has 2 aromatic carbocycles. The van der Waals surface area contributed by atoms with E-state index in [4.69, 9.17) is 20.8 Å². The van der Waals surface area contributed by atoms with Crippen molar-refractivity contribution in [3.8, 4) is 17.1 Å². The summed E-state index contributed by atoms with van der Waals surface area (Å²) in [6.45, 7) is 0.620. The van der Waals surface area contributed by atoms with Crippen molar-refractivity contribution in [3.05, 3.63) is 71.2 Å². The van der Waals surface area contributed by atoms with Gasteiger partial charge in [0.2, 0.25) is 5.91 Å².